The van der Waals surface area contributed by atoms with Crippen molar-refractivity contribution in [1.82, 2.24) is 5.43 Å². The maximum absolute atomic E-state index is 12.0. The van der Waals surface area contributed by atoms with Gasteiger partial charge in [-0.1, -0.05) is 6.07 Å². The molecule has 0 aliphatic carbocycles. The topological polar surface area (TPSA) is 96.9 Å². The molecule has 1 aliphatic heterocycles. The lowest BCUT2D eigenvalue weighted by atomic mass is 10.1. The molecule has 0 bridgehead atoms. The Hall–Kier alpha value is -2.70. The molecule has 2 amide bonds. The summed E-state index contributed by atoms with van der Waals surface area (Å²) in [5.74, 6) is -1.07. The number of rotatable bonds is 4. The van der Waals surface area contributed by atoms with Crippen molar-refractivity contribution in [3.63, 3.8) is 0 Å². The third-order valence-electron chi connectivity index (χ3n) is 2.80. The van der Waals surface area contributed by atoms with Gasteiger partial charge in [0.15, 0.2) is 0 Å². The first-order chi connectivity index (χ1) is 10.1. The molecule has 0 fully saturated rings. The number of nitrogens with one attached hydrogen (secondary N) is 2. The third kappa shape index (κ3) is 3.88. The molecule has 7 heteroatoms. The molecular weight excluding hydrogens is 274 g/mol. The van der Waals surface area contributed by atoms with Crippen LogP contribution in [-0.4, -0.2) is 30.1 Å². The van der Waals surface area contributed by atoms with Crippen LogP contribution >= 0.6 is 0 Å². The predicted molar refractivity (Wildman–Crippen MR) is 75.8 cm³/mol. The Balaban J connectivity index is 2.06. The minimum Gasteiger partial charge on any atom is -0.462 e. The first-order valence-corrected chi connectivity index (χ1v) is 6.54. The molecular formula is C14H15N3O4. The van der Waals surface area contributed by atoms with Crippen LogP contribution in [0.2, 0.25) is 0 Å². The summed E-state index contributed by atoms with van der Waals surface area (Å²) >= 11 is 0. The van der Waals surface area contributed by atoms with E-state index in [1.54, 1.807) is 25.1 Å². The molecule has 1 aromatic carbocycles. The van der Waals surface area contributed by atoms with Crippen LogP contribution in [0.4, 0.5) is 5.69 Å². The van der Waals surface area contributed by atoms with Crippen LogP contribution in [0.25, 0.3) is 0 Å². The predicted octanol–water partition coefficient (Wildman–Crippen LogP) is 1.07. The Kier molecular flexibility index (Phi) is 4.65. The van der Waals surface area contributed by atoms with Gasteiger partial charge in [-0.2, -0.15) is 5.10 Å². The summed E-state index contributed by atoms with van der Waals surface area (Å²) in [5.41, 5.74) is 3.32. The van der Waals surface area contributed by atoms with Gasteiger partial charge in [-0.3, -0.25) is 9.59 Å². The van der Waals surface area contributed by atoms with Crippen molar-refractivity contribution in [1.29, 1.82) is 0 Å². The average molecular weight is 289 g/mol. The van der Waals surface area contributed by atoms with E-state index in [1.807, 2.05) is 0 Å². The standard InChI is InChI=1S/C14H15N3O4/c1-2-21-14(20)9-4-3-5-10(8-9)15-13(19)11-6-7-12(18)17-16-11/h3-5,8H,2,6-7H2,1H3,(H,15,19)(H,17,18). The number of ether oxygens (including phenoxy) is 1. The molecule has 0 unspecified atom stereocenters. The quantitative estimate of drug-likeness (QED) is 0.810. The number of hydrogen-bond donors (Lipinski definition) is 2. The van der Waals surface area contributed by atoms with Crippen LogP contribution in [0.15, 0.2) is 29.4 Å². The van der Waals surface area contributed by atoms with Gasteiger partial charge in [0, 0.05) is 18.5 Å². The van der Waals surface area contributed by atoms with E-state index in [1.165, 1.54) is 6.07 Å². The summed E-state index contributed by atoms with van der Waals surface area (Å²) in [7, 11) is 0. The normalized spacial score (nSPS) is 14.0. The number of carbonyl (C=O) groups excluding carboxylic acids is 3. The van der Waals surface area contributed by atoms with Crippen LogP contribution in [0.5, 0.6) is 0 Å². The summed E-state index contributed by atoms with van der Waals surface area (Å²) in [5, 5.41) is 6.34. The molecule has 110 valence electrons. The number of nitrogens with zero attached hydrogens (tertiary/aromatic N) is 1. The molecule has 21 heavy (non-hydrogen) atoms. The zero-order valence-corrected chi connectivity index (χ0v) is 11.5. The highest BCUT2D eigenvalue weighted by Crippen LogP contribution is 2.12. The van der Waals surface area contributed by atoms with Crippen molar-refractivity contribution in [2.45, 2.75) is 19.8 Å². The van der Waals surface area contributed by atoms with E-state index in [0.29, 0.717) is 11.3 Å². The van der Waals surface area contributed by atoms with Crippen LogP contribution < -0.4 is 10.7 Å². The molecule has 0 radical (unpaired) electrons. The first-order valence-electron chi connectivity index (χ1n) is 6.54. The highest BCUT2D eigenvalue weighted by Gasteiger charge is 2.18. The van der Waals surface area contributed by atoms with Crippen molar-refractivity contribution in [2.24, 2.45) is 5.10 Å². The smallest absolute Gasteiger partial charge is 0.338 e. The van der Waals surface area contributed by atoms with Crippen LogP contribution in [0.1, 0.15) is 30.1 Å². The lowest BCUT2D eigenvalue weighted by Gasteiger charge is -2.12. The van der Waals surface area contributed by atoms with Gasteiger partial charge in [0.1, 0.15) is 5.71 Å². The van der Waals surface area contributed by atoms with E-state index in [2.05, 4.69) is 15.8 Å². The minimum absolute atomic E-state index is 0.212. The molecule has 0 saturated carbocycles. The maximum Gasteiger partial charge on any atom is 0.338 e. The molecule has 1 heterocycles. The molecule has 0 spiro atoms. The Morgan fingerprint density at radius 2 is 2.19 bits per heavy atom. The van der Waals surface area contributed by atoms with Crippen molar-refractivity contribution >= 4 is 29.2 Å². The second kappa shape index (κ2) is 6.65. The largest absolute Gasteiger partial charge is 0.462 e. The molecule has 0 aromatic heterocycles. The number of carbonyl (C=O) groups is 3. The van der Waals surface area contributed by atoms with E-state index in [0.717, 1.165) is 0 Å². The summed E-state index contributed by atoms with van der Waals surface area (Å²) in [6, 6.07) is 6.43. The van der Waals surface area contributed by atoms with Crippen LogP contribution in [0.3, 0.4) is 0 Å². The molecule has 2 N–H and O–H groups in total. The van der Waals surface area contributed by atoms with Crippen molar-refractivity contribution in [2.75, 3.05) is 11.9 Å². The third-order valence-corrected chi connectivity index (χ3v) is 2.80. The van der Waals surface area contributed by atoms with Gasteiger partial charge in [0.05, 0.1) is 12.2 Å². The second-order valence-corrected chi connectivity index (χ2v) is 4.35. The average Bonchev–Trinajstić information content (AvgIpc) is 2.48. The fourth-order valence-corrected chi connectivity index (χ4v) is 1.78. The highest BCUT2D eigenvalue weighted by molar-refractivity contribution is 6.43. The fraction of sp³-hybridized carbons (Fsp3) is 0.286. The molecule has 0 saturated heterocycles. The molecule has 1 aromatic rings. The number of anilines is 1. The Bertz CT molecular complexity index is 610. The fourth-order valence-electron chi connectivity index (χ4n) is 1.78. The zero-order valence-electron chi connectivity index (χ0n) is 11.5. The number of hydrogen-bond acceptors (Lipinski definition) is 5. The lowest BCUT2D eigenvalue weighted by molar-refractivity contribution is -0.121. The second-order valence-electron chi connectivity index (χ2n) is 4.35. The van der Waals surface area contributed by atoms with Crippen LogP contribution in [0, 0.1) is 0 Å². The summed E-state index contributed by atoms with van der Waals surface area (Å²) in [6.07, 6.45) is 0.518. The van der Waals surface area contributed by atoms with Gasteiger partial charge in [-0.15, -0.1) is 0 Å². The minimum atomic E-state index is -0.448. The monoisotopic (exact) mass is 289 g/mol. The van der Waals surface area contributed by atoms with E-state index < -0.39 is 11.9 Å². The van der Waals surface area contributed by atoms with Crippen molar-refractivity contribution in [3.8, 4) is 0 Å². The molecule has 7 nitrogen and oxygen atoms in total. The van der Waals surface area contributed by atoms with Gasteiger partial charge < -0.3 is 10.1 Å². The van der Waals surface area contributed by atoms with Gasteiger partial charge >= 0.3 is 5.97 Å². The van der Waals surface area contributed by atoms with Gasteiger partial charge in [-0.05, 0) is 25.1 Å². The van der Waals surface area contributed by atoms with Gasteiger partial charge in [0.25, 0.3) is 5.91 Å². The Labute approximate surface area is 121 Å². The highest BCUT2D eigenvalue weighted by atomic mass is 16.5. The molecule has 2 rings (SSSR count). The van der Waals surface area contributed by atoms with Crippen LogP contribution in [-0.2, 0) is 14.3 Å². The van der Waals surface area contributed by atoms with Gasteiger partial charge in [-0.25, -0.2) is 10.2 Å². The Morgan fingerprint density at radius 3 is 2.86 bits per heavy atom. The molecule has 1 aliphatic rings. The number of benzene rings is 1. The summed E-state index contributed by atoms with van der Waals surface area (Å²) < 4.78 is 4.89. The number of hydrazone groups is 1. The van der Waals surface area contributed by atoms with E-state index in [-0.39, 0.29) is 31.1 Å². The molecule has 0 atom stereocenters. The maximum atomic E-state index is 12.0. The SMILES string of the molecule is CCOC(=O)c1cccc(NC(=O)C2=NNC(=O)CC2)c1. The van der Waals surface area contributed by atoms with E-state index >= 15 is 0 Å². The van der Waals surface area contributed by atoms with Crippen molar-refractivity contribution < 1.29 is 19.1 Å². The summed E-state index contributed by atoms with van der Waals surface area (Å²) in [6.45, 7) is 2.00. The van der Waals surface area contributed by atoms with E-state index in [9.17, 15) is 14.4 Å². The number of amides is 2. The van der Waals surface area contributed by atoms with E-state index in [4.69, 9.17) is 4.74 Å². The Morgan fingerprint density at radius 1 is 1.38 bits per heavy atom. The number of esters is 1. The van der Waals surface area contributed by atoms with Gasteiger partial charge in [0.2, 0.25) is 5.91 Å². The first kappa shape index (κ1) is 14.7. The summed E-state index contributed by atoms with van der Waals surface area (Å²) in [4.78, 5) is 34.6. The van der Waals surface area contributed by atoms with Crippen molar-refractivity contribution in [3.05, 3.63) is 29.8 Å². The lowest BCUT2D eigenvalue weighted by Crippen LogP contribution is -2.32. The zero-order chi connectivity index (χ0) is 15.2.